The van der Waals surface area contributed by atoms with E-state index in [2.05, 4.69) is 5.32 Å². The van der Waals surface area contributed by atoms with E-state index in [9.17, 15) is 9.59 Å². The molecule has 0 aromatic heterocycles. The lowest BCUT2D eigenvalue weighted by atomic mass is 9.70. The Morgan fingerprint density at radius 3 is 2.32 bits per heavy atom. The van der Waals surface area contributed by atoms with Gasteiger partial charge in [-0.25, -0.2) is 0 Å². The first-order valence-corrected chi connectivity index (χ1v) is 7.80. The van der Waals surface area contributed by atoms with Crippen molar-refractivity contribution >= 4 is 11.8 Å². The minimum Gasteiger partial charge on any atom is -0.311 e. The lowest BCUT2D eigenvalue weighted by Gasteiger charge is -2.51. The number of hydrogen-bond donors (Lipinski definition) is 1. The molecule has 2 aliphatic heterocycles. The van der Waals surface area contributed by atoms with Gasteiger partial charge in [-0.05, 0) is 57.9 Å². The highest BCUT2D eigenvalue weighted by molar-refractivity contribution is 6.01. The summed E-state index contributed by atoms with van der Waals surface area (Å²) >= 11 is 0. The van der Waals surface area contributed by atoms with E-state index in [0.717, 1.165) is 38.6 Å². The summed E-state index contributed by atoms with van der Waals surface area (Å²) < 4.78 is 0. The average Bonchev–Trinajstić information content (AvgIpc) is 2.82. The van der Waals surface area contributed by atoms with Crippen LogP contribution in [0, 0.1) is 11.8 Å². The molecule has 2 saturated heterocycles. The molecule has 1 N–H and O–H groups in total. The summed E-state index contributed by atoms with van der Waals surface area (Å²) in [5.74, 6) is 0.574. The highest BCUT2D eigenvalue weighted by atomic mass is 16.2. The number of fused-ring (bicyclic) bond motifs is 2. The number of rotatable bonds is 1. The Morgan fingerprint density at radius 2 is 1.74 bits per heavy atom. The van der Waals surface area contributed by atoms with Crippen molar-refractivity contribution in [1.82, 2.24) is 10.2 Å². The number of amides is 2. The standard InChI is InChI=1S/C15H22N2O2/c18-13-10-2-3-11(8-10)14(19)17(13)12-4-7-16-15(9-12)5-1-6-15/h10-12,16H,1-9H2. The first-order chi connectivity index (χ1) is 9.19. The molecule has 2 bridgehead atoms. The Bertz CT molecular complexity index is 408. The van der Waals surface area contributed by atoms with Gasteiger partial charge in [0.1, 0.15) is 0 Å². The van der Waals surface area contributed by atoms with Gasteiger partial charge in [-0.1, -0.05) is 0 Å². The quantitative estimate of drug-likeness (QED) is 0.728. The number of piperidine rings is 2. The normalized spacial score (nSPS) is 40.6. The summed E-state index contributed by atoms with van der Waals surface area (Å²) in [5.41, 5.74) is 0.250. The molecule has 2 saturated carbocycles. The number of nitrogens with zero attached hydrogens (tertiary/aromatic N) is 1. The van der Waals surface area contributed by atoms with Crippen LogP contribution in [-0.4, -0.2) is 34.8 Å². The molecule has 0 aromatic rings. The number of hydrogen-bond acceptors (Lipinski definition) is 3. The van der Waals surface area contributed by atoms with Gasteiger partial charge in [-0.15, -0.1) is 0 Å². The molecule has 2 aliphatic carbocycles. The molecule has 4 heteroatoms. The van der Waals surface area contributed by atoms with E-state index >= 15 is 0 Å². The summed E-state index contributed by atoms with van der Waals surface area (Å²) in [5, 5.41) is 3.62. The second-order valence-corrected chi connectivity index (χ2v) is 6.96. The number of carbonyl (C=O) groups excluding carboxylic acids is 2. The molecule has 0 radical (unpaired) electrons. The molecule has 3 unspecified atom stereocenters. The second-order valence-electron chi connectivity index (χ2n) is 6.96. The lowest BCUT2D eigenvalue weighted by Crippen LogP contribution is -2.62. The van der Waals surface area contributed by atoms with Crippen molar-refractivity contribution in [1.29, 1.82) is 0 Å². The van der Waals surface area contributed by atoms with Crippen LogP contribution in [0.25, 0.3) is 0 Å². The first-order valence-electron chi connectivity index (χ1n) is 7.80. The molecule has 4 nitrogen and oxygen atoms in total. The van der Waals surface area contributed by atoms with Crippen LogP contribution in [0.5, 0.6) is 0 Å². The summed E-state index contributed by atoms with van der Waals surface area (Å²) in [6.45, 7) is 0.955. The van der Waals surface area contributed by atoms with E-state index in [1.165, 1.54) is 19.3 Å². The third-order valence-corrected chi connectivity index (χ3v) is 5.89. The zero-order valence-electron chi connectivity index (χ0n) is 11.4. The average molecular weight is 262 g/mol. The SMILES string of the molecule is O=C1C2CCC(C2)C(=O)N1C1CCNC2(CCC2)C1. The van der Waals surface area contributed by atoms with Crippen molar-refractivity contribution in [3.8, 4) is 0 Å². The van der Waals surface area contributed by atoms with Gasteiger partial charge >= 0.3 is 0 Å². The topological polar surface area (TPSA) is 49.4 Å². The zero-order chi connectivity index (χ0) is 13.0. The Kier molecular flexibility index (Phi) is 2.53. The van der Waals surface area contributed by atoms with Crippen LogP contribution in [0.2, 0.25) is 0 Å². The van der Waals surface area contributed by atoms with Gasteiger partial charge in [0, 0.05) is 23.4 Å². The van der Waals surface area contributed by atoms with Crippen molar-refractivity contribution in [2.24, 2.45) is 11.8 Å². The number of carbonyl (C=O) groups is 2. The second kappa shape index (κ2) is 4.05. The monoisotopic (exact) mass is 262 g/mol. The zero-order valence-corrected chi connectivity index (χ0v) is 11.4. The smallest absolute Gasteiger partial charge is 0.232 e. The third-order valence-electron chi connectivity index (χ3n) is 5.89. The van der Waals surface area contributed by atoms with Gasteiger partial charge in [-0.3, -0.25) is 14.5 Å². The highest BCUT2D eigenvalue weighted by Crippen LogP contribution is 2.43. The molecule has 3 atom stereocenters. The van der Waals surface area contributed by atoms with E-state index in [4.69, 9.17) is 0 Å². The lowest BCUT2D eigenvalue weighted by molar-refractivity contribution is -0.157. The largest absolute Gasteiger partial charge is 0.311 e. The van der Waals surface area contributed by atoms with Crippen LogP contribution >= 0.6 is 0 Å². The molecule has 1 spiro atoms. The van der Waals surface area contributed by atoms with Crippen molar-refractivity contribution in [2.45, 2.75) is 62.9 Å². The number of nitrogens with one attached hydrogen (secondary N) is 1. The maximum absolute atomic E-state index is 12.5. The molecular weight excluding hydrogens is 240 g/mol. The maximum Gasteiger partial charge on any atom is 0.232 e. The maximum atomic E-state index is 12.5. The van der Waals surface area contributed by atoms with Crippen LogP contribution in [-0.2, 0) is 9.59 Å². The Hall–Kier alpha value is -0.900. The van der Waals surface area contributed by atoms with Crippen molar-refractivity contribution < 1.29 is 9.59 Å². The van der Waals surface area contributed by atoms with Crippen molar-refractivity contribution in [3.63, 3.8) is 0 Å². The van der Waals surface area contributed by atoms with Crippen LogP contribution in [0.3, 0.4) is 0 Å². The van der Waals surface area contributed by atoms with E-state index in [1.807, 2.05) is 0 Å². The van der Waals surface area contributed by atoms with E-state index in [1.54, 1.807) is 4.90 Å². The highest BCUT2D eigenvalue weighted by Gasteiger charge is 2.50. The predicted molar refractivity (Wildman–Crippen MR) is 70.3 cm³/mol. The number of imide groups is 1. The van der Waals surface area contributed by atoms with Gasteiger partial charge in [0.25, 0.3) is 0 Å². The molecule has 19 heavy (non-hydrogen) atoms. The van der Waals surface area contributed by atoms with E-state index in [0.29, 0.717) is 0 Å². The Balaban J connectivity index is 1.57. The van der Waals surface area contributed by atoms with Crippen LogP contribution in [0.4, 0.5) is 0 Å². The molecule has 4 rings (SSSR count). The molecule has 4 aliphatic rings. The predicted octanol–water partition coefficient (Wildman–Crippen LogP) is 1.45. The van der Waals surface area contributed by atoms with E-state index in [-0.39, 0.29) is 35.2 Å². The van der Waals surface area contributed by atoms with Gasteiger partial charge in [0.15, 0.2) is 0 Å². The van der Waals surface area contributed by atoms with Crippen molar-refractivity contribution in [2.75, 3.05) is 6.54 Å². The van der Waals surface area contributed by atoms with Gasteiger partial charge < -0.3 is 5.32 Å². The van der Waals surface area contributed by atoms with Gasteiger partial charge in [-0.2, -0.15) is 0 Å². The van der Waals surface area contributed by atoms with E-state index < -0.39 is 0 Å². The molecule has 104 valence electrons. The molecular formula is C15H22N2O2. The minimum atomic E-state index is 0.139. The summed E-state index contributed by atoms with van der Waals surface area (Å²) in [7, 11) is 0. The molecule has 2 heterocycles. The van der Waals surface area contributed by atoms with Crippen molar-refractivity contribution in [3.05, 3.63) is 0 Å². The first kappa shape index (κ1) is 11.9. The fraction of sp³-hybridized carbons (Fsp3) is 0.867. The molecule has 4 fully saturated rings. The number of likely N-dealkylation sites (tertiary alicyclic amines) is 1. The summed E-state index contributed by atoms with van der Waals surface area (Å²) in [6, 6.07) is 0.171. The van der Waals surface area contributed by atoms with Crippen LogP contribution in [0.1, 0.15) is 51.4 Å². The minimum absolute atomic E-state index is 0.139. The molecule has 0 aromatic carbocycles. The van der Waals surface area contributed by atoms with Gasteiger partial charge in [0.2, 0.25) is 11.8 Å². The summed E-state index contributed by atoms with van der Waals surface area (Å²) in [6.07, 6.45) is 8.34. The fourth-order valence-corrected chi connectivity index (χ4v) is 4.63. The summed E-state index contributed by atoms with van der Waals surface area (Å²) in [4.78, 5) is 26.7. The van der Waals surface area contributed by atoms with Crippen LogP contribution < -0.4 is 5.32 Å². The Morgan fingerprint density at radius 1 is 1.05 bits per heavy atom. The molecule has 2 amide bonds. The fourth-order valence-electron chi connectivity index (χ4n) is 4.63. The van der Waals surface area contributed by atoms with Crippen LogP contribution in [0.15, 0.2) is 0 Å². The Labute approximate surface area is 113 Å². The third kappa shape index (κ3) is 1.69. The van der Waals surface area contributed by atoms with Gasteiger partial charge in [0.05, 0.1) is 0 Å².